The summed E-state index contributed by atoms with van der Waals surface area (Å²) >= 11 is 0. The highest BCUT2D eigenvalue weighted by atomic mass is 19.1. The van der Waals surface area contributed by atoms with Gasteiger partial charge in [0, 0.05) is 36.7 Å². The minimum absolute atomic E-state index is 0.00600. The van der Waals surface area contributed by atoms with Gasteiger partial charge in [0.05, 0.1) is 24.3 Å². The third-order valence-electron chi connectivity index (χ3n) is 5.12. The van der Waals surface area contributed by atoms with E-state index >= 15 is 4.39 Å². The quantitative estimate of drug-likeness (QED) is 0.489. The van der Waals surface area contributed by atoms with E-state index in [-0.39, 0.29) is 30.6 Å². The molecule has 0 bridgehead atoms. The van der Waals surface area contributed by atoms with E-state index in [1.807, 2.05) is 13.0 Å². The van der Waals surface area contributed by atoms with E-state index in [0.29, 0.717) is 29.9 Å². The highest BCUT2D eigenvalue weighted by molar-refractivity contribution is 5.84. The lowest BCUT2D eigenvalue weighted by molar-refractivity contribution is 0.379. The third kappa shape index (κ3) is 4.57. The van der Waals surface area contributed by atoms with E-state index in [0.717, 1.165) is 11.3 Å². The molecule has 0 saturated carbocycles. The van der Waals surface area contributed by atoms with Gasteiger partial charge in [-0.2, -0.15) is 15.2 Å². The van der Waals surface area contributed by atoms with Crippen LogP contribution in [0.5, 0.6) is 0 Å². The molecule has 0 atom stereocenters. The fraction of sp³-hybridized carbons (Fsp3) is 0.238. The Morgan fingerprint density at radius 3 is 2.82 bits per heavy atom. The van der Waals surface area contributed by atoms with Crippen molar-refractivity contribution in [3.63, 3.8) is 0 Å². The van der Waals surface area contributed by atoms with Crippen molar-refractivity contribution in [2.75, 3.05) is 29.9 Å². The summed E-state index contributed by atoms with van der Waals surface area (Å²) in [6.07, 6.45) is 4.55. The molecule has 0 amide bonds. The van der Waals surface area contributed by atoms with Crippen LogP contribution in [-0.2, 0) is 6.54 Å². The second-order valence-electron chi connectivity index (χ2n) is 7.34. The van der Waals surface area contributed by atoms with Crippen LogP contribution >= 0.6 is 0 Å². The largest absolute Gasteiger partial charge is 0.363 e. The lowest BCUT2D eigenvalue weighted by Gasteiger charge is -2.33. The molecule has 166 valence electrons. The van der Waals surface area contributed by atoms with Gasteiger partial charge in [-0.25, -0.2) is 15.0 Å². The van der Waals surface area contributed by atoms with Crippen LogP contribution in [-0.4, -0.2) is 50.4 Å². The molecule has 4 heterocycles. The Kier molecular flexibility index (Phi) is 6.12. The Hall–Kier alpha value is -4.53. The average Bonchev–Trinajstić information content (AvgIpc) is 2.83. The summed E-state index contributed by atoms with van der Waals surface area (Å²) in [5.41, 5.74) is 10.3. The van der Waals surface area contributed by atoms with Crippen LogP contribution in [0.15, 0.2) is 42.1 Å². The first-order valence-electron chi connectivity index (χ1n) is 10.0. The molecular formula is C21H20FN11. The fourth-order valence-electron chi connectivity index (χ4n) is 3.49. The van der Waals surface area contributed by atoms with Crippen molar-refractivity contribution in [3.8, 4) is 17.3 Å². The standard InChI is InChI=1S/C21H20FN11/c1-13-6-15(2-3-26-13)19-16(8-23)7-14(9-27-19)10-28-20-18(22)21(30-12-29-20)32-4-5-33(31-25)17(24)11-32/h2-3,6-7,9,12,24-25H,4-5,10-11H2,1H3,(H,28,29,30). The van der Waals surface area contributed by atoms with Gasteiger partial charge in [-0.3, -0.25) is 15.4 Å². The van der Waals surface area contributed by atoms with Crippen LogP contribution in [0.2, 0.25) is 0 Å². The number of piperazine rings is 1. The Morgan fingerprint density at radius 2 is 2.09 bits per heavy atom. The topological polar surface area (TPSA) is 154 Å². The molecule has 1 aliphatic rings. The van der Waals surface area contributed by atoms with Crippen molar-refractivity contribution in [2.24, 2.45) is 5.22 Å². The van der Waals surface area contributed by atoms with E-state index in [1.165, 1.54) is 11.3 Å². The zero-order valence-electron chi connectivity index (χ0n) is 17.7. The molecule has 3 aromatic heterocycles. The summed E-state index contributed by atoms with van der Waals surface area (Å²) in [6.45, 7) is 2.81. The van der Waals surface area contributed by atoms with Gasteiger partial charge in [-0.05, 0) is 30.7 Å². The van der Waals surface area contributed by atoms with Crippen LogP contribution in [0.1, 0.15) is 16.8 Å². The number of aromatic nitrogens is 4. The number of nitrogens with one attached hydrogen (secondary N) is 3. The van der Waals surface area contributed by atoms with Gasteiger partial charge in [0.1, 0.15) is 18.2 Å². The molecule has 11 nitrogen and oxygen atoms in total. The average molecular weight is 445 g/mol. The summed E-state index contributed by atoms with van der Waals surface area (Å²) in [5.74, 6) is -0.477. The van der Waals surface area contributed by atoms with Gasteiger partial charge in [0.25, 0.3) is 0 Å². The molecule has 1 fully saturated rings. The molecule has 12 heteroatoms. The van der Waals surface area contributed by atoms with Crippen molar-refractivity contribution in [1.82, 2.24) is 24.9 Å². The highest BCUT2D eigenvalue weighted by Crippen LogP contribution is 2.25. The maximum absolute atomic E-state index is 15.1. The minimum atomic E-state index is -0.640. The Balaban J connectivity index is 1.51. The molecule has 3 aromatic rings. The normalized spacial score (nSPS) is 13.5. The summed E-state index contributed by atoms with van der Waals surface area (Å²) in [6, 6.07) is 7.52. The molecule has 1 saturated heterocycles. The molecule has 0 aliphatic carbocycles. The van der Waals surface area contributed by atoms with E-state index in [1.54, 1.807) is 29.4 Å². The molecule has 3 N–H and O–H groups in total. The number of nitriles is 1. The van der Waals surface area contributed by atoms with Crippen molar-refractivity contribution in [2.45, 2.75) is 13.5 Å². The predicted molar refractivity (Wildman–Crippen MR) is 118 cm³/mol. The maximum atomic E-state index is 15.1. The second kappa shape index (κ2) is 9.31. The maximum Gasteiger partial charge on any atom is 0.207 e. The van der Waals surface area contributed by atoms with Gasteiger partial charge in [0.2, 0.25) is 5.82 Å². The summed E-state index contributed by atoms with van der Waals surface area (Å²) in [7, 11) is 0. The molecule has 0 unspecified atom stereocenters. The van der Waals surface area contributed by atoms with Crippen molar-refractivity contribution >= 4 is 17.5 Å². The smallest absolute Gasteiger partial charge is 0.207 e. The van der Waals surface area contributed by atoms with Crippen LogP contribution in [0, 0.1) is 35.0 Å². The zero-order chi connectivity index (χ0) is 23.4. The second-order valence-corrected chi connectivity index (χ2v) is 7.34. The number of pyridine rings is 2. The zero-order valence-corrected chi connectivity index (χ0v) is 17.7. The summed E-state index contributed by atoms with van der Waals surface area (Å²) < 4.78 is 15.1. The number of hydrogen-bond acceptors (Lipinski definition) is 10. The van der Waals surface area contributed by atoms with E-state index in [4.69, 9.17) is 10.9 Å². The molecule has 0 spiro atoms. The number of anilines is 2. The number of halogens is 1. The van der Waals surface area contributed by atoms with E-state index in [2.05, 4.69) is 36.5 Å². The lowest BCUT2D eigenvalue weighted by atomic mass is 10.1. The first-order valence-corrected chi connectivity index (χ1v) is 10.0. The molecule has 33 heavy (non-hydrogen) atoms. The number of amidine groups is 1. The Labute approximate surface area is 188 Å². The van der Waals surface area contributed by atoms with Gasteiger partial charge in [0.15, 0.2) is 11.6 Å². The van der Waals surface area contributed by atoms with Gasteiger partial charge in [-0.15, -0.1) is 0 Å². The SMILES string of the molecule is Cc1cc(-c2ncc(CNc3ncnc(N4CCN(N=N)C(=N)C4)c3F)cc2C#N)ccn1. The van der Waals surface area contributed by atoms with Crippen LogP contribution < -0.4 is 10.2 Å². The summed E-state index contributed by atoms with van der Waals surface area (Å²) in [5, 5.41) is 25.0. The van der Waals surface area contributed by atoms with Crippen LogP contribution in [0.3, 0.4) is 0 Å². The number of rotatable bonds is 6. The Morgan fingerprint density at radius 1 is 1.24 bits per heavy atom. The monoisotopic (exact) mass is 445 g/mol. The van der Waals surface area contributed by atoms with E-state index in [9.17, 15) is 5.26 Å². The third-order valence-corrected chi connectivity index (χ3v) is 5.12. The summed E-state index contributed by atoms with van der Waals surface area (Å²) in [4.78, 5) is 18.2. The first kappa shape index (κ1) is 21.7. The number of hydrogen-bond donors (Lipinski definition) is 3. The van der Waals surface area contributed by atoms with Crippen molar-refractivity contribution in [1.29, 1.82) is 16.2 Å². The van der Waals surface area contributed by atoms with E-state index < -0.39 is 5.82 Å². The van der Waals surface area contributed by atoms with Gasteiger partial charge < -0.3 is 10.2 Å². The fourth-order valence-corrected chi connectivity index (χ4v) is 3.49. The van der Waals surface area contributed by atoms with Crippen LogP contribution in [0.4, 0.5) is 16.0 Å². The number of nitrogens with zero attached hydrogens (tertiary/aromatic N) is 8. The van der Waals surface area contributed by atoms with Crippen molar-refractivity contribution < 1.29 is 4.39 Å². The molecule has 4 rings (SSSR count). The first-order chi connectivity index (χ1) is 16.0. The minimum Gasteiger partial charge on any atom is -0.363 e. The van der Waals surface area contributed by atoms with Crippen molar-refractivity contribution in [3.05, 3.63) is 59.6 Å². The molecular weight excluding hydrogens is 425 g/mol. The van der Waals surface area contributed by atoms with Crippen LogP contribution in [0.25, 0.3) is 11.3 Å². The lowest BCUT2D eigenvalue weighted by Crippen LogP contribution is -2.48. The predicted octanol–water partition coefficient (Wildman–Crippen LogP) is 2.91. The van der Waals surface area contributed by atoms with Gasteiger partial charge >= 0.3 is 0 Å². The van der Waals surface area contributed by atoms with Gasteiger partial charge in [-0.1, -0.05) is 5.22 Å². The molecule has 0 aromatic carbocycles. The number of aryl methyl sites for hydroxylation is 1. The molecule has 1 aliphatic heterocycles. The molecule has 0 radical (unpaired) electrons. The Bertz CT molecular complexity index is 1250. The highest BCUT2D eigenvalue weighted by Gasteiger charge is 2.25.